The van der Waals surface area contributed by atoms with Crippen LogP contribution in [0.3, 0.4) is 0 Å². The van der Waals surface area contributed by atoms with E-state index in [4.69, 9.17) is 9.94 Å². The van der Waals surface area contributed by atoms with Crippen LogP contribution >= 0.6 is 0 Å². The zero-order valence-electron chi connectivity index (χ0n) is 13.6. The molecule has 0 aromatic heterocycles. The van der Waals surface area contributed by atoms with E-state index in [1.165, 1.54) is 17.0 Å². The Balaban J connectivity index is 1.72. The summed E-state index contributed by atoms with van der Waals surface area (Å²) >= 11 is 0. The maximum absolute atomic E-state index is 9.04. The van der Waals surface area contributed by atoms with Crippen LogP contribution in [0, 0.1) is 0 Å². The molecule has 0 aliphatic heterocycles. The van der Waals surface area contributed by atoms with E-state index in [1.807, 2.05) is 54.6 Å². The summed E-state index contributed by atoms with van der Waals surface area (Å²) in [7, 11) is 0. The van der Waals surface area contributed by atoms with Crippen molar-refractivity contribution in [2.75, 3.05) is 0 Å². The fraction of sp³-hybridized carbons (Fsp3) is 0.0455. The molecule has 0 saturated carbocycles. The van der Waals surface area contributed by atoms with Crippen LogP contribution in [0.1, 0.15) is 11.1 Å². The number of hydrogen-bond acceptors (Lipinski definition) is 3. The molecule has 0 heterocycles. The van der Waals surface area contributed by atoms with Gasteiger partial charge in [0.15, 0.2) is 0 Å². The summed E-state index contributed by atoms with van der Waals surface area (Å²) in [5.74, 6) is 0.699. The third kappa shape index (κ3) is 2.92. The molecule has 1 N–H and O–H groups in total. The zero-order valence-corrected chi connectivity index (χ0v) is 13.6. The summed E-state index contributed by atoms with van der Waals surface area (Å²) in [5, 5.41) is 16.7. The van der Waals surface area contributed by atoms with Gasteiger partial charge in [-0.1, -0.05) is 78.0 Å². The molecule has 0 aliphatic rings. The first kappa shape index (κ1) is 15.2. The predicted octanol–water partition coefficient (Wildman–Crippen LogP) is 5.38. The fourth-order valence-electron chi connectivity index (χ4n) is 3.17. The molecule has 0 unspecified atom stereocenters. The minimum Gasteiger partial charge on any atom is -0.488 e. The van der Waals surface area contributed by atoms with Crippen molar-refractivity contribution < 1.29 is 9.94 Å². The number of benzene rings is 4. The molecule has 4 rings (SSSR count). The largest absolute Gasteiger partial charge is 0.488 e. The van der Waals surface area contributed by atoms with Crippen LogP contribution in [0.25, 0.3) is 21.5 Å². The molecule has 0 amide bonds. The van der Waals surface area contributed by atoms with Crippen molar-refractivity contribution in [1.82, 2.24) is 0 Å². The van der Waals surface area contributed by atoms with Gasteiger partial charge in [-0.3, -0.25) is 0 Å². The quantitative estimate of drug-likeness (QED) is 0.310. The van der Waals surface area contributed by atoms with Crippen molar-refractivity contribution in [3.63, 3.8) is 0 Å². The maximum atomic E-state index is 9.04. The molecule has 122 valence electrons. The first-order valence-corrected chi connectivity index (χ1v) is 8.15. The summed E-state index contributed by atoms with van der Waals surface area (Å²) in [5.41, 5.74) is 1.90. The van der Waals surface area contributed by atoms with E-state index >= 15 is 0 Å². The molecule has 25 heavy (non-hydrogen) atoms. The topological polar surface area (TPSA) is 41.8 Å². The lowest BCUT2D eigenvalue weighted by atomic mass is 10.0. The minimum atomic E-state index is 0.450. The van der Waals surface area contributed by atoms with E-state index in [1.54, 1.807) is 0 Å². The molecule has 0 fully saturated rings. The molecular formula is C22H17NO2. The molecule has 0 atom stereocenters. The van der Waals surface area contributed by atoms with E-state index in [2.05, 4.69) is 29.4 Å². The molecule has 4 aromatic rings. The lowest BCUT2D eigenvalue weighted by molar-refractivity contribution is 0.306. The Morgan fingerprint density at radius 3 is 2.24 bits per heavy atom. The van der Waals surface area contributed by atoms with Gasteiger partial charge >= 0.3 is 0 Å². The highest BCUT2D eigenvalue weighted by atomic mass is 16.5. The number of rotatable bonds is 4. The van der Waals surface area contributed by atoms with Gasteiger partial charge in [-0.15, -0.1) is 0 Å². The lowest BCUT2D eigenvalue weighted by Gasteiger charge is -2.13. The Labute approximate surface area is 145 Å². The Morgan fingerprint density at radius 1 is 0.760 bits per heavy atom. The van der Waals surface area contributed by atoms with Crippen LogP contribution in [-0.4, -0.2) is 11.4 Å². The van der Waals surface area contributed by atoms with E-state index in [0.29, 0.717) is 12.4 Å². The zero-order chi connectivity index (χ0) is 17.1. The van der Waals surface area contributed by atoms with Gasteiger partial charge in [0, 0.05) is 5.56 Å². The van der Waals surface area contributed by atoms with Crippen LogP contribution in [0.15, 0.2) is 84.0 Å². The summed E-state index contributed by atoms with van der Waals surface area (Å²) in [6.45, 7) is 0.450. The molecule has 0 bridgehead atoms. The van der Waals surface area contributed by atoms with Crippen LogP contribution in [0.2, 0.25) is 0 Å². The van der Waals surface area contributed by atoms with E-state index < -0.39 is 0 Å². The monoisotopic (exact) mass is 327 g/mol. The Kier molecular flexibility index (Phi) is 4.05. The molecule has 0 aliphatic carbocycles. The second kappa shape index (κ2) is 6.65. The molecular weight excluding hydrogens is 310 g/mol. The van der Waals surface area contributed by atoms with Gasteiger partial charge in [-0.2, -0.15) is 0 Å². The van der Waals surface area contributed by atoms with E-state index in [-0.39, 0.29) is 0 Å². The van der Waals surface area contributed by atoms with Gasteiger partial charge in [0.05, 0.1) is 6.21 Å². The summed E-state index contributed by atoms with van der Waals surface area (Å²) < 4.78 is 6.09. The highest BCUT2D eigenvalue weighted by Gasteiger charge is 2.08. The summed E-state index contributed by atoms with van der Waals surface area (Å²) in [6, 6.07) is 26.4. The van der Waals surface area contributed by atoms with Gasteiger partial charge in [-0.25, -0.2) is 0 Å². The van der Waals surface area contributed by atoms with Crippen molar-refractivity contribution in [2.45, 2.75) is 6.61 Å². The second-order valence-corrected chi connectivity index (χ2v) is 5.87. The Bertz CT molecular complexity index is 1060. The number of oxime groups is 1. The van der Waals surface area contributed by atoms with Gasteiger partial charge < -0.3 is 9.94 Å². The van der Waals surface area contributed by atoms with Crippen molar-refractivity contribution in [2.24, 2.45) is 5.16 Å². The third-order valence-electron chi connectivity index (χ3n) is 4.38. The maximum Gasteiger partial charge on any atom is 0.129 e. The number of fused-ring (bicyclic) bond motifs is 2. The molecule has 0 saturated heterocycles. The van der Waals surface area contributed by atoms with Crippen LogP contribution in [0.4, 0.5) is 0 Å². The molecule has 0 spiro atoms. The van der Waals surface area contributed by atoms with Crippen molar-refractivity contribution in [3.05, 3.63) is 90.0 Å². The molecule has 4 aromatic carbocycles. The Morgan fingerprint density at radius 2 is 1.44 bits per heavy atom. The third-order valence-corrected chi connectivity index (χ3v) is 4.38. The molecule has 3 heteroatoms. The minimum absolute atomic E-state index is 0.450. The number of hydrogen-bond donors (Lipinski definition) is 1. The first-order chi connectivity index (χ1) is 12.4. The SMILES string of the molecule is O/N=C/c1c(OCc2cccc3ccccc23)ccc2ccccc12. The average molecular weight is 327 g/mol. The van der Waals surface area contributed by atoms with E-state index in [0.717, 1.165) is 21.9 Å². The first-order valence-electron chi connectivity index (χ1n) is 8.15. The van der Waals surface area contributed by atoms with Crippen LogP contribution < -0.4 is 4.74 Å². The Hall–Kier alpha value is -3.33. The number of ether oxygens (including phenoxy) is 1. The number of nitrogens with zero attached hydrogens (tertiary/aromatic N) is 1. The van der Waals surface area contributed by atoms with Gasteiger partial charge in [-0.05, 0) is 33.2 Å². The van der Waals surface area contributed by atoms with Crippen molar-refractivity contribution in [3.8, 4) is 5.75 Å². The van der Waals surface area contributed by atoms with Crippen molar-refractivity contribution >= 4 is 27.8 Å². The van der Waals surface area contributed by atoms with Gasteiger partial charge in [0.2, 0.25) is 0 Å². The molecule has 3 nitrogen and oxygen atoms in total. The van der Waals surface area contributed by atoms with Crippen molar-refractivity contribution in [1.29, 1.82) is 0 Å². The summed E-state index contributed by atoms with van der Waals surface area (Å²) in [6.07, 6.45) is 1.43. The van der Waals surface area contributed by atoms with E-state index in [9.17, 15) is 0 Å². The summed E-state index contributed by atoms with van der Waals surface area (Å²) in [4.78, 5) is 0. The second-order valence-electron chi connectivity index (χ2n) is 5.87. The standard InChI is InChI=1S/C22H17NO2/c24-23-14-21-20-11-4-2-7-17(20)12-13-22(21)25-15-18-9-5-8-16-6-1-3-10-19(16)18/h1-14,24H,15H2/b23-14+. The van der Waals surface area contributed by atoms with Gasteiger partial charge in [0.25, 0.3) is 0 Å². The smallest absolute Gasteiger partial charge is 0.129 e. The fourth-order valence-corrected chi connectivity index (χ4v) is 3.17. The average Bonchev–Trinajstić information content (AvgIpc) is 2.67. The normalized spacial score (nSPS) is 11.4. The highest BCUT2D eigenvalue weighted by Crippen LogP contribution is 2.28. The molecule has 0 radical (unpaired) electrons. The lowest BCUT2D eigenvalue weighted by Crippen LogP contribution is -2.00. The van der Waals surface area contributed by atoms with Gasteiger partial charge in [0.1, 0.15) is 12.4 Å². The predicted molar refractivity (Wildman–Crippen MR) is 102 cm³/mol. The van der Waals surface area contributed by atoms with Crippen LogP contribution in [-0.2, 0) is 6.61 Å². The highest BCUT2D eigenvalue weighted by molar-refractivity contribution is 6.02. The van der Waals surface area contributed by atoms with Crippen LogP contribution in [0.5, 0.6) is 5.75 Å².